The molecule has 0 spiro atoms. The topological polar surface area (TPSA) is 35.2 Å². The maximum Gasteiger partial charge on any atom is 0.123 e. The van der Waals surface area contributed by atoms with Gasteiger partial charge in [0.2, 0.25) is 0 Å². The molecule has 1 rings (SSSR count). The first kappa shape index (κ1) is 11.1. The van der Waals surface area contributed by atoms with Gasteiger partial charge in [-0.2, -0.15) is 0 Å². The van der Waals surface area contributed by atoms with E-state index in [1.54, 1.807) is 12.1 Å². The van der Waals surface area contributed by atoms with Gasteiger partial charge in [-0.25, -0.2) is 4.39 Å². The second-order valence-electron chi connectivity index (χ2n) is 3.25. The number of hydrogen-bond acceptors (Lipinski definition) is 2. The average molecular weight is 197 g/mol. The van der Waals surface area contributed by atoms with Gasteiger partial charge in [0.05, 0.1) is 6.61 Å². The molecule has 1 unspecified atom stereocenters. The van der Waals surface area contributed by atoms with Crippen LogP contribution in [0, 0.1) is 5.82 Å². The van der Waals surface area contributed by atoms with E-state index in [1.165, 1.54) is 12.1 Å². The summed E-state index contributed by atoms with van der Waals surface area (Å²) in [5.74, 6) is -0.216. The maximum atomic E-state index is 12.6. The van der Waals surface area contributed by atoms with Crippen LogP contribution >= 0.6 is 0 Å². The molecule has 78 valence electrons. The molecule has 0 fully saturated rings. The molecule has 0 bridgehead atoms. The minimum absolute atomic E-state index is 0.0135. The summed E-state index contributed by atoms with van der Waals surface area (Å²) in [5, 5.41) is 0. The van der Waals surface area contributed by atoms with Crippen LogP contribution in [-0.2, 0) is 11.2 Å². The number of hydrogen-bond donors (Lipinski definition) is 1. The highest BCUT2D eigenvalue weighted by atomic mass is 19.1. The summed E-state index contributed by atoms with van der Waals surface area (Å²) in [4.78, 5) is 0. The lowest BCUT2D eigenvalue weighted by Crippen LogP contribution is -2.28. The zero-order valence-electron chi connectivity index (χ0n) is 8.37. The molecule has 0 amide bonds. The first-order valence-corrected chi connectivity index (χ1v) is 4.80. The fourth-order valence-corrected chi connectivity index (χ4v) is 1.25. The number of nitrogens with two attached hydrogens (primary N) is 1. The molecule has 2 N–H and O–H groups in total. The van der Waals surface area contributed by atoms with Crippen LogP contribution in [0.5, 0.6) is 0 Å². The van der Waals surface area contributed by atoms with E-state index in [2.05, 4.69) is 0 Å². The Kier molecular flexibility index (Phi) is 4.56. The van der Waals surface area contributed by atoms with Crippen LogP contribution in [0.25, 0.3) is 0 Å². The van der Waals surface area contributed by atoms with Crippen molar-refractivity contribution in [1.82, 2.24) is 0 Å². The van der Waals surface area contributed by atoms with Crippen LogP contribution in [0.3, 0.4) is 0 Å². The molecular weight excluding hydrogens is 181 g/mol. The SMILES string of the molecule is CCOCC(N)Cc1ccc(F)cc1. The summed E-state index contributed by atoms with van der Waals surface area (Å²) in [6.07, 6.45) is 0.722. The molecule has 0 heterocycles. The zero-order valence-corrected chi connectivity index (χ0v) is 8.37. The van der Waals surface area contributed by atoms with Gasteiger partial charge in [0, 0.05) is 12.6 Å². The second kappa shape index (κ2) is 5.73. The van der Waals surface area contributed by atoms with Crippen molar-refractivity contribution in [3.8, 4) is 0 Å². The van der Waals surface area contributed by atoms with Crippen molar-refractivity contribution in [2.45, 2.75) is 19.4 Å². The van der Waals surface area contributed by atoms with Gasteiger partial charge in [0.1, 0.15) is 5.82 Å². The Hall–Kier alpha value is -0.930. The van der Waals surface area contributed by atoms with Crippen molar-refractivity contribution in [3.63, 3.8) is 0 Å². The van der Waals surface area contributed by atoms with E-state index in [-0.39, 0.29) is 11.9 Å². The number of benzene rings is 1. The van der Waals surface area contributed by atoms with Crippen LogP contribution in [0.15, 0.2) is 24.3 Å². The largest absolute Gasteiger partial charge is 0.380 e. The number of ether oxygens (including phenoxy) is 1. The van der Waals surface area contributed by atoms with Gasteiger partial charge in [-0.05, 0) is 31.0 Å². The molecule has 2 nitrogen and oxygen atoms in total. The number of rotatable bonds is 5. The molecule has 0 aromatic heterocycles. The summed E-state index contributed by atoms with van der Waals surface area (Å²) in [5.41, 5.74) is 6.85. The molecule has 0 saturated heterocycles. The lowest BCUT2D eigenvalue weighted by atomic mass is 10.1. The Morgan fingerprint density at radius 3 is 2.57 bits per heavy atom. The van der Waals surface area contributed by atoms with Crippen molar-refractivity contribution >= 4 is 0 Å². The Morgan fingerprint density at radius 1 is 1.36 bits per heavy atom. The van der Waals surface area contributed by atoms with Crippen molar-refractivity contribution in [3.05, 3.63) is 35.6 Å². The lowest BCUT2D eigenvalue weighted by molar-refractivity contribution is 0.133. The smallest absolute Gasteiger partial charge is 0.123 e. The first-order valence-electron chi connectivity index (χ1n) is 4.80. The first-order chi connectivity index (χ1) is 6.72. The van der Waals surface area contributed by atoms with Crippen LogP contribution in [0.1, 0.15) is 12.5 Å². The molecule has 1 atom stereocenters. The monoisotopic (exact) mass is 197 g/mol. The Bertz CT molecular complexity index is 260. The maximum absolute atomic E-state index is 12.6. The van der Waals surface area contributed by atoms with Crippen LogP contribution in [0.2, 0.25) is 0 Å². The Morgan fingerprint density at radius 2 is 2.00 bits per heavy atom. The van der Waals surface area contributed by atoms with Crippen LogP contribution < -0.4 is 5.73 Å². The summed E-state index contributed by atoms with van der Waals surface area (Å²) < 4.78 is 17.8. The molecule has 3 heteroatoms. The minimum Gasteiger partial charge on any atom is -0.380 e. The van der Waals surface area contributed by atoms with E-state index in [0.717, 1.165) is 12.0 Å². The van der Waals surface area contributed by atoms with E-state index in [9.17, 15) is 4.39 Å². The highest BCUT2D eigenvalue weighted by Crippen LogP contribution is 2.05. The van der Waals surface area contributed by atoms with E-state index in [0.29, 0.717) is 13.2 Å². The van der Waals surface area contributed by atoms with Gasteiger partial charge in [-0.15, -0.1) is 0 Å². The predicted octanol–water partition coefficient (Wildman–Crippen LogP) is 1.73. The van der Waals surface area contributed by atoms with Gasteiger partial charge in [0.15, 0.2) is 0 Å². The average Bonchev–Trinajstić information content (AvgIpc) is 2.18. The van der Waals surface area contributed by atoms with Gasteiger partial charge in [0.25, 0.3) is 0 Å². The molecule has 1 aromatic carbocycles. The molecule has 0 saturated carbocycles. The minimum atomic E-state index is -0.216. The predicted molar refractivity (Wildman–Crippen MR) is 54.6 cm³/mol. The molecular formula is C11H16FNO. The summed E-state index contributed by atoms with van der Waals surface area (Å²) in [7, 11) is 0. The molecule has 0 aliphatic carbocycles. The lowest BCUT2D eigenvalue weighted by Gasteiger charge is -2.11. The number of halogens is 1. The van der Waals surface area contributed by atoms with E-state index in [1.807, 2.05) is 6.92 Å². The molecule has 0 aliphatic rings. The molecule has 0 aliphatic heterocycles. The standard InChI is InChI=1S/C11H16FNO/c1-2-14-8-11(13)7-9-3-5-10(12)6-4-9/h3-6,11H,2,7-8,13H2,1H3. The molecule has 14 heavy (non-hydrogen) atoms. The third kappa shape index (κ3) is 3.85. The van der Waals surface area contributed by atoms with Crippen molar-refractivity contribution in [2.75, 3.05) is 13.2 Å². The van der Waals surface area contributed by atoms with Gasteiger partial charge in [-0.3, -0.25) is 0 Å². The summed E-state index contributed by atoms with van der Waals surface area (Å²) in [6.45, 7) is 3.16. The highest BCUT2D eigenvalue weighted by molar-refractivity contribution is 5.17. The van der Waals surface area contributed by atoms with Crippen LogP contribution in [0.4, 0.5) is 4.39 Å². The zero-order chi connectivity index (χ0) is 10.4. The van der Waals surface area contributed by atoms with Crippen molar-refractivity contribution < 1.29 is 9.13 Å². The Balaban J connectivity index is 2.39. The van der Waals surface area contributed by atoms with Gasteiger partial charge in [-0.1, -0.05) is 12.1 Å². The van der Waals surface area contributed by atoms with E-state index >= 15 is 0 Å². The third-order valence-electron chi connectivity index (χ3n) is 1.95. The second-order valence-corrected chi connectivity index (χ2v) is 3.25. The van der Waals surface area contributed by atoms with Crippen LogP contribution in [-0.4, -0.2) is 19.3 Å². The third-order valence-corrected chi connectivity index (χ3v) is 1.95. The Labute approximate surface area is 83.9 Å². The van der Waals surface area contributed by atoms with Gasteiger partial charge >= 0.3 is 0 Å². The van der Waals surface area contributed by atoms with Crippen molar-refractivity contribution in [1.29, 1.82) is 0 Å². The van der Waals surface area contributed by atoms with E-state index in [4.69, 9.17) is 10.5 Å². The highest BCUT2D eigenvalue weighted by Gasteiger charge is 2.03. The fourth-order valence-electron chi connectivity index (χ4n) is 1.25. The van der Waals surface area contributed by atoms with Gasteiger partial charge < -0.3 is 10.5 Å². The fraction of sp³-hybridized carbons (Fsp3) is 0.455. The summed E-state index contributed by atoms with van der Waals surface area (Å²) >= 11 is 0. The van der Waals surface area contributed by atoms with E-state index < -0.39 is 0 Å². The summed E-state index contributed by atoms with van der Waals surface area (Å²) in [6, 6.07) is 6.38. The van der Waals surface area contributed by atoms with Crippen molar-refractivity contribution in [2.24, 2.45) is 5.73 Å². The molecule has 0 radical (unpaired) electrons. The quantitative estimate of drug-likeness (QED) is 0.780. The normalized spacial score (nSPS) is 12.8. The molecule has 1 aromatic rings.